The molecule has 7 nitrogen and oxygen atoms in total. The standard InChI is InChI=1S/C20H22N4O3S/c1-14(2)27-17-10-8-16(9-11-17)21-19-12-13-20(23-22-19)24-28(25,26)18-7-5-4-6-15(18)3/h4-14H,1-3H3,(H,21,22)(H,23,24). The molecule has 0 aliphatic heterocycles. The van der Waals surface area contributed by atoms with E-state index in [1.807, 2.05) is 38.1 Å². The number of anilines is 3. The number of benzene rings is 2. The van der Waals surface area contributed by atoms with E-state index in [0.29, 0.717) is 11.4 Å². The second-order valence-electron chi connectivity index (χ2n) is 6.49. The molecule has 0 aliphatic carbocycles. The Bertz CT molecular complexity index is 1030. The molecule has 146 valence electrons. The van der Waals surface area contributed by atoms with Gasteiger partial charge in [-0.05, 0) is 68.8 Å². The lowest BCUT2D eigenvalue weighted by molar-refractivity contribution is 0.242. The number of hydrogen-bond donors (Lipinski definition) is 2. The molecule has 0 atom stereocenters. The molecule has 0 unspecified atom stereocenters. The van der Waals surface area contributed by atoms with Crippen LogP contribution in [0, 0.1) is 6.92 Å². The van der Waals surface area contributed by atoms with Crippen molar-refractivity contribution in [1.82, 2.24) is 10.2 Å². The summed E-state index contributed by atoms with van der Waals surface area (Å²) in [6, 6.07) is 17.4. The highest BCUT2D eigenvalue weighted by atomic mass is 32.2. The van der Waals surface area contributed by atoms with Crippen LogP contribution in [-0.4, -0.2) is 24.7 Å². The van der Waals surface area contributed by atoms with Crippen molar-refractivity contribution in [2.75, 3.05) is 10.0 Å². The van der Waals surface area contributed by atoms with E-state index in [-0.39, 0.29) is 16.8 Å². The van der Waals surface area contributed by atoms with Crippen LogP contribution in [0.1, 0.15) is 19.4 Å². The Morgan fingerprint density at radius 2 is 1.54 bits per heavy atom. The molecule has 1 aromatic heterocycles. The molecule has 3 aromatic rings. The number of aromatic nitrogens is 2. The zero-order chi connectivity index (χ0) is 20.1. The summed E-state index contributed by atoms with van der Waals surface area (Å²) in [5.41, 5.74) is 1.48. The third-order valence-electron chi connectivity index (χ3n) is 3.79. The van der Waals surface area contributed by atoms with Gasteiger partial charge in [-0.2, -0.15) is 0 Å². The molecule has 28 heavy (non-hydrogen) atoms. The Hall–Kier alpha value is -3.13. The summed E-state index contributed by atoms with van der Waals surface area (Å²) >= 11 is 0. The summed E-state index contributed by atoms with van der Waals surface area (Å²) in [6.45, 7) is 5.68. The third-order valence-corrected chi connectivity index (χ3v) is 5.30. The quantitative estimate of drug-likeness (QED) is 0.622. The fraction of sp³-hybridized carbons (Fsp3) is 0.200. The number of ether oxygens (including phenoxy) is 1. The second kappa shape index (κ2) is 8.26. The van der Waals surface area contributed by atoms with Gasteiger partial charge in [0.15, 0.2) is 11.6 Å². The first-order chi connectivity index (χ1) is 13.3. The lowest BCUT2D eigenvalue weighted by Crippen LogP contribution is -2.15. The van der Waals surface area contributed by atoms with Gasteiger partial charge in [0.1, 0.15) is 5.75 Å². The maximum atomic E-state index is 12.5. The number of nitrogens with zero attached hydrogens (tertiary/aromatic N) is 2. The number of aryl methyl sites for hydroxylation is 1. The van der Waals surface area contributed by atoms with Crippen molar-refractivity contribution in [3.63, 3.8) is 0 Å². The van der Waals surface area contributed by atoms with Crippen LogP contribution in [0.2, 0.25) is 0 Å². The SMILES string of the molecule is Cc1ccccc1S(=O)(=O)Nc1ccc(Nc2ccc(OC(C)C)cc2)nn1. The molecule has 2 N–H and O–H groups in total. The molecule has 0 radical (unpaired) electrons. The smallest absolute Gasteiger partial charge is 0.263 e. The van der Waals surface area contributed by atoms with Crippen LogP contribution in [0.25, 0.3) is 0 Å². The monoisotopic (exact) mass is 398 g/mol. The average Bonchev–Trinajstić information content (AvgIpc) is 2.64. The lowest BCUT2D eigenvalue weighted by atomic mass is 10.2. The Morgan fingerprint density at radius 1 is 0.893 bits per heavy atom. The first-order valence-electron chi connectivity index (χ1n) is 8.79. The molecule has 0 bridgehead atoms. The number of hydrogen-bond acceptors (Lipinski definition) is 6. The van der Waals surface area contributed by atoms with Gasteiger partial charge in [0.25, 0.3) is 10.0 Å². The van der Waals surface area contributed by atoms with Crippen molar-refractivity contribution >= 4 is 27.3 Å². The van der Waals surface area contributed by atoms with Gasteiger partial charge in [-0.15, -0.1) is 10.2 Å². The average molecular weight is 398 g/mol. The zero-order valence-electron chi connectivity index (χ0n) is 15.9. The summed E-state index contributed by atoms with van der Waals surface area (Å²) in [5.74, 6) is 1.43. The number of nitrogens with one attached hydrogen (secondary N) is 2. The van der Waals surface area contributed by atoms with Crippen molar-refractivity contribution in [2.24, 2.45) is 0 Å². The molecule has 3 rings (SSSR count). The van der Waals surface area contributed by atoms with Gasteiger partial charge in [0.05, 0.1) is 11.0 Å². The van der Waals surface area contributed by atoms with E-state index in [1.54, 1.807) is 43.3 Å². The van der Waals surface area contributed by atoms with Gasteiger partial charge < -0.3 is 10.1 Å². The van der Waals surface area contributed by atoms with Crippen molar-refractivity contribution in [1.29, 1.82) is 0 Å². The Balaban J connectivity index is 1.67. The van der Waals surface area contributed by atoms with Gasteiger partial charge >= 0.3 is 0 Å². The highest BCUT2D eigenvalue weighted by molar-refractivity contribution is 7.92. The van der Waals surface area contributed by atoms with Crippen molar-refractivity contribution in [3.05, 3.63) is 66.2 Å². The topological polar surface area (TPSA) is 93.2 Å². The predicted octanol–water partition coefficient (Wildman–Crippen LogP) is 4.12. The van der Waals surface area contributed by atoms with Gasteiger partial charge in [0, 0.05) is 5.69 Å². The van der Waals surface area contributed by atoms with Crippen LogP contribution in [0.3, 0.4) is 0 Å². The fourth-order valence-corrected chi connectivity index (χ4v) is 3.78. The van der Waals surface area contributed by atoms with Gasteiger partial charge in [-0.25, -0.2) is 8.42 Å². The molecule has 0 saturated heterocycles. The molecule has 0 amide bonds. The molecule has 0 aliphatic rings. The summed E-state index contributed by atoms with van der Waals surface area (Å²) in [5, 5.41) is 11.1. The Kier molecular flexibility index (Phi) is 5.79. The Morgan fingerprint density at radius 3 is 2.14 bits per heavy atom. The van der Waals surface area contributed by atoms with E-state index < -0.39 is 10.0 Å². The first-order valence-corrected chi connectivity index (χ1v) is 10.3. The maximum Gasteiger partial charge on any atom is 0.263 e. The van der Waals surface area contributed by atoms with Crippen LogP contribution in [0.4, 0.5) is 17.3 Å². The van der Waals surface area contributed by atoms with E-state index in [4.69, 9.17) is 4.74 Å². The molecular weight excluding hydrogens is 376 g/mol. The van der Waals surface area contributed by atoms with Crippen LogP contribution in [-0.2, 0) is 10.0 Å². The minimum absolute atomic E-state index is 0.112. The van der Waals surface area contributed by atoms with Crippen LogP contribution < -0.4 is 14.8 Å². The van der Waals surface area contributed by atoms with Gasteiger partial charge in [-0.1, -0.05) is 18.2 Å². The highest BCUT2D eigenvalue weighted by Gasteiger charge is 2.17. The van der Waals surface area contributed by atoms with Crippen molar-refractivity contribution in [2.45, 2.75) is 31.8 Å². The molecule has 0 spiro atoms. The molecule has 0 fully saturated rings. The second-order valence-corrected chi connectivity index (χ2v) is 8.14. The minimum Gasteiger partial charge on any atom is -0.491 e. The minimum atomic E-state index is -3.72. The van der Waals surface area contributed by atoms with Gasteiger partial charge in [-0.3, -0.25) is 4.72 Å². The Labute approximate surface area is 164 Å². The maximum absolute atomic E-state index is 12.5. The molecule has 2 aromatic carbocycles. The summed E-state index contributed by atoms with van der Waals surface area (Å²) in [6.07, 6.45) is 0.112. The highest BCUT2D eigenvalue weighted by Crippen LogP contribution is 2.21. The van der Waals surface area contributed by atoms with E-state index in [9.17, 15) is 8.42 Å². The predicted molar refractivity (Wildman–Crippen MR) is 110 cm³/mol. The van der Waals surface area contributed by atoms with Crippen molar-refractivity contribution in [3.8, 4) is 5.75 Å². The third kappa shape index (κ3) is 4.98. The summed E-state index contributed by atoms with van der Waals surface area (Å²) in [7, 11) is -3.72. The summed E-state index contributed by atoms with van der Waals surface area (Å²) in [4.78, 5) is 0.211. The molecule has 8 heteroatoms. The molecule has 0 saturated carbocycles. The number of rotatable bonds is 7. The van der Waals surface area contributed by atoms with Crippen LogP contribution in [0.5, 0.6) is 5.75 Å². The zero-order valence-corrected chi connectivity index (χ0v) is 16.7. The first kappa shape index (κ1) is 19.6. The van der Waals surface area contributed by atoms with Gasteiger partial charge in [0.2, 0.25) is 0 Å². The normalized spacial score (nSPS) is 11.3. The van der Waals surface area contributed by atoms with Crippen LogP contribution in [0.15, 0.2) is 65.6 Å². The number of sulfonamides is 1. The van der Waals surface area contributed by atoms with E-state index in [1.165, 1.54) is 0 Å². The largest absolute Gasteiger partial charge is 0.491 e. The lowest BCUT2D eigenvalue weighted by Gasteiger charge is -2.11. The van der Waals surface area contributed by atoms with E-state index in [2.05, 4.69) is 20.2 Å². The van der Waals surface area contributed by atoms with Crippen LogP contribution >= 0.6 is 0 Å². The summed E-state index contributed by atoms with van der Waals surface area (Å²) < 4.78 is 33.1. The van der Waals surface area contributed by atoms with E-state index in [0.717, 1.165) is 11.4 Å². The van der Waals surface area contributed by atoms with E-state index >= 15 is 0 Å². The molecule has 1 heterocycles. The van der Waals surface area contributed by atoms with Crippen molar-refractivity contribution < 1.29 is 13.2 Å². The fourth-order valence-electron chi connectivity index (χ4n) is 2.54. The molecular formula is C20H22N4O3S.